The fourth-order valence-corrected chi connectivity index (χ4v) is 7.40. The number of hydrogen-bond acceptors (Lipinski definition) is 6. The largest absolute Gasteiger partial charge is 0.504 e. The van der Waals surface area contributed by atoms with E-state index in [4.69, 9.17) is 4.74 Å². The molecule has 4 aliphatic carbocycles. The van der Waals surface area contributed by atoms with E-state index in [1.54, 1.807) is 25.1 Å². The molecule has 192 valence electrons. The zero-order valence-electron chi connectivity index (χ0n) is 21.2. The number of amides is 2. The lowest BCUT2D eigenvalue weighted by Crippen LogP contribution is -2.43. The molecule has 7 heteroatoms. The molecule has 0 spiro atoms. The second kappa shape index (κ2) is 8.82. The van der Waals surface area contributed by atoms with Gasteiger partial charge in [0.05, 0.1) is 18.9 Å². The Bertz CT molecular complexity index is 1330. The average molecular weight is 502 g/mol. The Kier molecular flexibility index (Phi) is 5.70. The van der Waals surface area contributed by atoms with Crippen LogP contribution in [-0.4, -0.2) is 46.5 Å². The number of methoxy groups -OCH3 is 1. The van der Waals surface area contributed by atoms with Gasteiger partial charge >= 0.3 is 0 Å². The number of benzene rings is 1. The number of phenols is 1. The molecule has 4 atom stereocenters. The van der Waals surface area contributed by atoms with Crippen LogP contribution in [0.2, 0.25) is 0 Å². The van der Waals surface area contributed by atoms with E-state index in [2.05, 4.69) is 0 Å². The minimum atomic E-state index is -0.683. The van der Waals surface area contributed by atoms with Gasteiger partial charge in [0.15, 0.2) is 23.1 Å². The number of ether oxygens (including phenoxy) is 1. The Hall–Kier alpha value is -3.48. The molecular formula is C30H31NO6. The van der Waals surface area contributed by atoms with Crippen molar-refractivity contribution >= 4 is 23.4 Å². The summed E-state index contributed by atoms with van der Waals surface area (Å²) in [5.74, 6) is -2.59. The predicted molar refractivity (Wildman–Crippen MR) is 135 cm³/mol. The quantitative estimate of drug-likeness (QED) is 0.379. The second-order valence-corrected chi connectivity index (χ2v) is 11.0. The van der Waals surface area contributed by atoms with Crippen LogP contribution in [0.25, 0.3) is 0 Å². The Morgan fingerprint density at radius 2 is 1.76 bits per heavy atom. The molecule has 5 aliphatic rings. The van der Waals surface area contributed by atoms with Gasteiger partial charge in [-0.2, -0.15) is 0 Å². The zero-order valence-corrected chi connectivity index (χ0v) is 21.2. The maximum absolute atomic E-state index is 13.9. The van der Waals surface area contributed by atoms with E-state index < -0.39 is 17.8 Å². The van der Waals surface area contributed by atoms with Crippen molar-refractivity contribution in [2.75, 3.05) is 7.11 Å². The lowest BCUT2D eigenvalue weighted by atomic mass is 9.59. The molecular weight excluding hydrogens is 470 g/mol. The number of Topliss-reactive ketones (excluding diaryl/α,β-unsaturated/α-hetero) is 1. The first-order chi connectivity index (χ1) is 17.8. The number of carbonyl (C=O) groups is 4. The molecule has 0 bridgehead atoms. The third kappa shape index (κ3) is 3.46. The predicted octanol–water partition coefficient (Wildman–Crippen LogP) is 4.16. The van der Waals surface area contributed by atoms with Crippen molar-refractivity contribution in [2.24, 2.45) is 17.8 Å². The number of likely N-dealkylation sites (tertiary alicyclic amines) is 1. The Morgan fingerprint density at radius 1 is 1.00 bits per heavy atom. The van der Waals surface area contributed by atoms with E-state index in [1.165, 1.54) is 18.1 Å². The SMILES string of the molecule is COc1cccc([C@H]2C3=CC[C@@H]4C(=O)N(C5CCCCC5)C(=O)[C@@H]4[C@@H]3CC3=C2C(=O)C=C(C)C3=O)c1O. The number of ketones is 2. The van der Waals surface area contributed by atoms with E-state index >= 15 is 0 Å². The van der Waals surface area contributed by atoms with Gasteiger partial charge in [-0.15, -0.1) is 0 Å². The third-order valence-corrected chi connectivity index (χ3v) is 9.10. The lowest BCUT2D eigenvalue weighted by molar-refractivity contribution is -0.143. The maximum atomic E-state index is 13.9. The Balaban J connectivity index is 1.48. The highest BCUT2D eigenvalue weighted by atomic mass is 16.5. The summed E-state index contributed by atoms with van der Waals surface area (Å²) in [4.78, 5) is 55.7. The van der Waals surface area contributed by atoms with Crippen LogP contribution in [0.4, 0.5) is 0 Å². The summed E-state index contributed by atoms with van der Waals surface area (Å²) in [7, 11) is 1.46. The van der Waals surface area contributed by atoms with E-state index in [1.807, 2.05) is 6.08 Å². The van der Waals surface area contributed by atoms with Gasteiger partial charge in [-0.05, 0) is 50.7 Å². The Morgan fingerprint density at radius 3 is 2.49 bits per heavy atom. The molecule has 37 heavy (non-hydrogen) atoms. The fourth-order valence-electron chi connectivity index (χ4n) is 7.40. The van der Waals surface area contributed by atoms with E-state index in [0.29, 0.717) is 28.7 Å². The molecule has 1 saturated carbocycles. The molecule has 1 heterocycles. The number of fused-ring (bicyclic) bond motifs is 3. The number of para-hydroxylation sites is 1. The van der Waals surface area contributed by atoms with Crippen molar-refractivity contribution in [1.82, 2.24) is 4.90 Å². The van der Waals surface area contributed by atoms with E-state index in [9.17, 15) is 24.3 Å². The van der Waals surface area contributed by atoms with Gasteiger partial charge in [-0.1, -0.05) is 43.0 Å². The van der Waals surface area contributed by atoms with Crippen molar-refractivity contribution in [3.05, 3.63) is 58.2 Å². The van der Waals surface area contributed by atoms with Crippen LogP contribution in [-0.2, 0) is 19.2 Å². The molecule has 2 amide bonds. The highest BCUT2D eigenvalue weighted by molar-refractivity contribution is 6.23. The van der Waals surface area contributed by atoms with Gasteiger partial charge in [0.2, 0.25) is 11.8 Å². The number of phenolic OH excluding ortho intramolecular Hbond substituents is 1. The van der Waals surface area contributed by atoms with Gasteiger partial charge in [0.25, 0.3) is 0 Å². The number of carbonyl (C=O) groups excluding carboxylic acids is 4. The van der Waals surface area contributed by atoms with Crippen LogP contribution in [0.3, 0.4) is 0 Å². The van der Waals surface area contributed by atoms with Gasteiger partial charge < -0.3 is 9.84 Å². The topological polar surface area (TPSA) is 101 Å². The van der Waals surface area contributed by atoms with Gasteiger partial charge in [-0.25, -0.2) is 0 Å². The second-order valence-electron chi connectivity index (χ2n) is 11.0. The number of aromatic hydroxyl groups is 1. The van der Waals surface area contributed by atoms with Gasteiger partial charge in [-0.3, -0.25) is 24.1 Å². The highest BCUT2D eigenvalue weighted by Crippen LogP contribution is 2.57. The monoisotopic (exact) mass is 501 g/mol. The first-order valence-corrected chi connectivity index (χ1v) is 13.3. The molecule has 1 aromatic carbocycles. The summed E-state index contributed by atoms with van der Waals surface area (Å²) < 4.78 is 5.34. The molecule has 0 radical (unpaired) electrons. The standard InChI is InChI=1S/C30H31NO6/c1-15-13-22(32)26-21(27(15)33)14-20-17(24(26)18-9-6-10-23(37-2)28(18)34)11-12-19-25(20)30(36)31(29(19)35)16-7-4-3-5-8-16/h6,9-11,13,16,19-20,24-25,34H,3-5,7-8,12,14H2,1-2H3/t19-,20+,24+,25-/m0/s1. The number of imide groups is 1. The Labute approximate surface area is 215 Å². The van der Waals surface area contributed by atoms with Crippen molar-refractivity contribution < 1.29 is 29.0 Å². The molecule has 1 saturated heterocycles. The minimum Gasteiger partial charge on any atom is -0.504 e. The third-order valence-electron chi connectivity index (χ3n) is 9.10. The minimum absolute atomic E-state index is 0.0533. The summed E-state index contributed by atoms with van der Waals surface area (Å²) >= 11 is 0. The van der Waals surface area contributed by atoms with Crippen LogP contribution in [0.15, 0.2) is 52.6 Å². The normalized spacial score (nSPS) is 30.1. The highest BCUT2D eigenvalue weighted by Gasteiger charge is 2.57. The molecule has 7 nitrogen and oxygen atoms in total. The fraction of sp³-hybridized carbons (Fsp3) is 0.467. The van der Waals surface area contributed by atoms with Crippen LogP contribution in [0.1, 0.15) is 63.4 Å². The van der Waals surface area contributed by atoms with Crippen molar-refractivity contribution in [1.29, 1.82) is 0 Å². The number of hydrogen-bond donors (Lipinski definition) is 1. The van der Waals surface area contributed by atoms with Crippen molar-refractivity contribution in [3.63, 3.8) is 0 Å². The van der Waals surface area contributed by atoms with Gasteiger partial charge in [0.1, 0.15) is 0 Å². The number of allylic oxidation sites excluding steroid dienone is 6. The average Bonchev–Trinajstić information content (AvgIpc) is 3.16. The van der Waals surface area contributed by atoms with Crippen LogP contribution in [0.5, 0.6) is 11.5 Å². The molecule has 6 rings (SSSR count). The van der Waals surface area contributed by atoms with Crippen LogP contribution in [0, 0.1) is 17.8 Å². The molecule has 2 fully saturated rings. The van der Waals surface area contributed by atoms with Crippen molar-refractivity contribution in [2.45, 2.75) is 63.8 Å². The van der Waals surface area contributed by atoms with Crippen molar-refractivity contribution in [3.8, 4) is 11.5 Å². The zero-order chi connectivity index (χ0) is 26.0. The summed E-state index contributed by atoms with van der Waals surface area (Å²) in [5.41, 5.74) is 2.44. The summed E-state index contributed by atoms with van der Waals surface area (Å²) in [5, 5.41) is 11.1. The first kappa shape index (κ1) is 23.9. The summed E-state index contributed by atoms with van der Waals surface area (Å²) in [6.45, 7) is 1.63. The van der Waals surface area contributed by atoms with E-state index in [0.717, 1.165) is 37.7 Å². The molecule has 0 unspecified atom stereocenters. The van der Waals surface area contributed by atoms with Crippen LogP contribution < -0.4 is 4.74 Å². The van der Waals surface area contributed by atoms with Gasteiger partial charge in [0, 0.05) is 34.2 Å². The molecule has 1 N–H and O–H groups in total. The number of rotatable bonds is 3. The number of nitrogens with zero attached hydrogens (tertiary/aromatic N) is 1. The summed E-state index contributed by atoms with van der Waals surface area (Å²) in [6, 6.07) is 5.07. The molecule has 1 aliphatic heterocycles. The lowest BCUT2D eigenvalue weighted by Gasteiger charge is -2.42. The van der Waals surface area contributed by atoms with E-state index in [-0.39, 0.29) is 53.3 Å². The van der Waals surface area contributed by atoms with Crippen LogP contribution >= 0.6 is 0 Å². The molecule has 0 aromatic heterocycles. The first-order valence-electron chi connectivity index (χ1n) is 13.3. The summed E-state index contributed by atoms with van der Waals surface area (Å²) in [6.07, 6.45) is 8.84. The maximum Gasteiger partial charge on any atom is 0.233 e. The molecule has 1 aromatic rings. The smallest absolute Gasteiger partial charge is 0.233 e.